The lowest BCUT2D eigenvalue weighted by molar-refractivity contribution is -0.151. The van der Waals surface area contributed by atoms with E-state index in [4.69, 9.17) is 0 Å². The molecule has 2 rings (SSSR count). The largest absolute Gasteiger partial charge is 0.342 e. The lowest BCUT2D eigenvalue weighted by Crippen LogP contribution is -2.58. The number of unbranched alkanes of at least 4 members (excludes halogenated alkanes) is 1. The van der Waals surface area contributed by atoms with E-state index in [1.54, 1.807) is 16.0 Å². The third-order valence-corrected chi connectivity index (χ3v) is 4.45. The number of pyridine rings is 1. The van der Waals surface area contributed by atoms with Crippen LogP contribution in [-0.4, -0.2) is 71.3 Å². The van der Waals surface area contributed by atoms with Crippen LogP contribution in [0.2, 0.25) is 0 Å². The summed E-state index contributed by atoms with van der Waals surface area (Å²) < 4.78 is 0. The van der Waals surface area contributed by atoms with Gasteiger partial charge in [0, 0.05) is 39.1 Å². The second-order valence-electron chi connectivity index (χ2n) is 6.54. The van der Waals surface area contributed by atoms with E-state index >= 15 is 0 Å². The zero-order valence-corrected chi connectivity index (χ0v) is 14.9. The van der Waals surface area contributed by atoms with Crippen LogP contribution in [0, 0.1) is 0 Å². The van der Waals surface area contributed by atoms with Gasteiger partial charge in [-0.15, -0.1) is 0 Å². The number of piperazine rings is 1. The zero-order chi connectivity index (χ0) is 17.5. The van der Waals surface area contributed by atoms with Crippen molar-refractivity contribution in [3.63, 3.8) is 0 Å². The average Bonchev–Trinajstić information content (AvgIpc) is 2.56. The maximum Gasteiger partial charge on any atom is 0.245 e. The van der Waals surface area contributed by atoms with E-state index in [-0.39, 0.29) is 17.9 Å². The van der Waals surface area contributed by atoms with Crippen LogP contribution in [0.5, 0.6) is 0 Å². The minimum atomic E-state index is -0.303. The third-order valence-electron chi connectivity index (χ3n) is 4.45. The Morgan fingerprint density at radius 3 is 2.88 bits per heavy atom. The molecule has 1 aromatic rings. The summed E-state index contributed by atoms with van der Waals surface area (Å²) in [7, 11) is 3.74. The highest BCUT2D eigenvalue weighted by atomic mass is 16.2. The Bertz CT molecular complexity index is 549. The first-order valence-electron chi connectivity index (χ1n) is 8.64. The molecule has 132 valence electrons. The molecule has 1 fully saturated rings. The monoisotopic (exact) mass is 332 g/mol. The Kier molecular flexibility index (Phi) is 6.73. The van der Waals surface area contributed by atoms with Crippen molar-refractivity contribution in [1.29, 1.82) is 0 Å². The Balaban J connectivity index is 1.96. The van der Waals surface area contributed by atoms with E-state index in [1.807, 2.05) is 37.3 Å². The predicted molar refractivity (Wildman–Crippen MR) is 93.2 cm³/mol. The molecule has 0 radical (unpaired) electrons. The van der Waals surface area contributed by atoms with Crippen LogP contribution in [0.1, 0.15) is 31.7 Å². The van der Waals surface area contributed by atoms with Gasteiger partial charge in [0.15, 0.2) is 0 Å². The average molecular weight is 332 g/mol. The van der Waals surface area contributed by atoms with E-state index in [9.17, 15) is 9.59 Å². The summed E-state index contributed by atoms with van der Waals surface area (Å²) in [6.07, 6.45) is 6.28. The molecule has 6 nitrogen and oxygen atoms in total. The van der Waals surface area contributed by atoms with Gasteiger partial charge in [0.05, 0.1) is 6.54 Å². The molecule has 0 saturated carbocycles. The summed E-state index contributed by atoms with van der Waals surface area (Å²) in [5.74, 6) is 0.0990. The predicted octanol–water partition coefficient (Wildman–Crippen LogP) is 1.37. The summed E-state index contributed by atoms with van der Waals surface area (Å²) in [4.78, 5) is 34.7. The number of carbonyl (C=O) groups is 2. The summed E-state index contributed by atoms with van der Waals surface area (Å²) in [5.41, 5.74) is 1.07. The van der Waals surface area contributed by atoms with E-state index < -0.39 is 0 Å². The van der Waals surface area contributed by atoms with E-state index in [1.165, 1.54) is 0 Å². The van der Waals surface area contributed by atoms with Crippen molar-refractivity contribution >= 4 is 11.8 Å². The van der Waals surface area contributed by atoms with E-state index in [0.29, 0.717) is 26.2 Å². The number of rotatable bonds is 7. The van der Waals surface area contributed by atoms with Gasteiger partial charge in [-0.1, -0.05) is 25.8 Å². The molecular formula is C18H28N4O2. The second kappa shape index (κ2) is 8.78. The Labute approximate surface area is 144 Å². The van der Waals surface area contributed by atoms with Gasteiger partial charge in [-0.05, 0) is 25.1 Å². The molecule has 0 bridgehead atoms. The Morgan fingerprint density at radius 1 is 1.42 bits per heavy atom. The summed E-state index contributed by atoms with van der Waals surface area (Å²) in [6, 6.07) is 3.59. The Hall–Kier alpha value is -1.95. The highest BCUT2D eigenvalue weighted by Crippen LogP contribution is 2.17. The van der Waals surface area contributed by atoms with Gasteiger partial charge >= 0.3 is 0 Å². The SMILES string of the molecule is CCCC[C@@H]1C(=O)N(C)CCN1C(=O)CN(C)Cc1cccnc1. The van der Waals surface area contributed by atoms with Gasteiger partial charge in [0.1, 0.15) is 6.04 Å². The summed E-state index contributed by atoms with van der Waals surface area (Å²) in [5, 5.41) is 0. The quantitative estimate of drug-likeness (QED) is 0.757. The first-order chi connectivity index (χ1) is 11.5. The molecule has 1 aliphatic rings. The van der Waals surface area contributed by atoms with Crippen LogP contribution in [0.15, 0.2) is 24.5 Å². The number of amides is 2. The van der Waals surface area contributed by atoms with Crippen molar-refractivity contribution in [2.45, 2.75) is 38.8 Å². The number of carbonyl (C=O) groups excluding carboxylic acids is 2. The Morgan fingerprint density at radius 2 is 2.21 bits per heavy atom. The number of likely N-dealkylation sites (N-methyl/N-ethyl adjacent to an activating group) is 2. The topological polar surface area (TPSA) is 56.8 Å². The molecule has 2 amide bonds. The molecule has 0 N–H and O–H groups in total. The first-order valence-corrected chi connectivity index (χ1v) is 8.64. The molecule has 1 aliphatic heterocycles. The highest BCUT2D eigenvalue weighted by molar-refractivity contribution is 5.89. The van der Waals surface area contributed by atoms with Gasteiger partial charge in [-0.25, -0.2) is 0 Å². The maximum absolute atomic E-state index is 12.7. The zero-order valence-electron chi connectivity index (χ0n) is 14.9. The van der Waals surface area contributed by atoms with Crippen molar-refractivity contribution in [3.8, 4) is 0 Å². The first kappa shape index (κ1) is 18.4. The fourth-order valence-electron chi connectivity index (χ4n) is 3.07. The standard InChI is InChI=1S/C18H28N4O2/c1-4-5-8-16-18(24)21(3)10-11-22(16)17(23)14-20(2)13-15-7-6-9-19-12-15/h6-7,9,12,16H,4-5,8,10-11,13-14H2,1-3H3/t16-/m1/s1. The highest BCUT2D eigenvalue weighted by Gasteiger charge is 2.35. The van der Waals surface area contributed by atoms with Gasteiger partial charge in [-0.2, -0.15) is 0 Å². The van der Waals surface area contributed by atoms with Crippen molar-refractivity contribution in [2.24, 2.45) is 0 Å². The molecule has 0 spiro atoms. The summed E-state index contributed by atoms with van der Waals surface area (Å²) in [6.45, 7) is 4.32. The van der Waals surface area contributed by atoms with Crippen molar-refractivity contribution in [1.82, 2.24) is 19.7 Å². The third kappa shape index (κ3) is 4.77. The van der Waals surface area contributed by atoms with E-state index in [2.05, 4.69) is 11.9 Å². The lowest BCUT2D eigenvalue weighted by Gasteiger charge is -2.39. The van der Waals surface area contributed by atoms with Gasteiger partial charge in [-0.3, -0.25) is 19.5 Å². The van der Waals surface area contributed by atoms with Crippen molar-refractivity contribution in [3.05, 3.63) is 30.1 Å². The molecule has 6 heteroatoms. The molecule has 0 aliphatic carbocycles. The van der Waals surface area contributed by atoms with Gasteiger partial charge in [0.2, 0.25) is 11.8 Å². The van der Waals surface area contributed by atoms with Gasteiger partial charge < -0.3 is 9.80 Å². The lowest BCUT2D eigenvalue weighted by atomic mass is 10.0. The maximum atomic E-state index is 12.7. The van der Waals surface area contributed by atoms with Crippen LogP contribution < -0.4 is 0 Å². The molecule has 1 aromatic heterocycles. The van der Waals surface area contributed by atoms with Gasteiger partial charge in [0.25, 0.3) is 0 Å². The van der Waals surface area contributed by atoms with Crippen LogP contribution in [-0.2, 0) is 16.1 Å². The molecule has 0 unspecified atom stereocenters. The number of nitrogens with zero attached hydrogens (tertiary/aromatic N) is 4. The van der Waals surface area contributed by atoms with Crippen molar-refractivity contribution < 1.29 is 9.59 Å². The molecule has 2 heterocycles. The minimum Gasteiger partial charge on any atom is -0.342 e. The number of hydrogen-bond donors (Lipinski definition) is 0. The molecule has 1 atom stereocenters. The molecule has 1 saturated heterocycles. The minimum absolute atomic E-state index is 0.0314. The summed E-state index contributed by atoms with van der Waals surface area (Å²) >= 11 is 0. The fourth-order valence-corrected chi connectivity index (χ4v) is 3.07. The van der Waals surface area contributed by atoms with Crippen LogP contribution in [0.3, 0.4) is 0 Å². The van der Waals surface area contributed by atoms with Crippen LogP contribution >= 0.6 is 0 Å². The number of aromatic nitrogens is 1. The normalized spacial score (nSPS) is 18.3. The fraction of sp³-hybridized carbons (Fsp3) is 0.611. The molecule has 0 aromatic carbocycles. The smallest absolute Gasteiger partial charge is 0.245 e. The molecule has 24 heavy (non-hydrogen) atoms. The second-order valence-corrected chi connectivity index (χ2v) is 6.54. The van der Waals surface area contributed by atoms with Crippen molar-refractivity contribution in [2.75, 3.05) is 33.7 Å². The van der Waals surface area contributed by atoms with Crippen LogP contribution in [0.25, 0.3) is 0 Å². The van der Waals surface area contributed by atoms with E-state index in [0.717, 1.165) is 24.8 Å². The number of hydrogen-bond acceptors (Lipinski definition) is 4. The van der Waals surface area contributed by atoms with Crippen LogP contribution in [0.4, 0.5) is 0 Å². The molecular weight excluding hydrogens is 304 g/mol.